The summed E-state index contributed by atoms with van der Waals surface area (Å²) in [6.45, 7) is 2.09. The first-order chi connectivity index (χ1) is 9.10. The summed E-state index contributed by atoms with van der Waals surface area (Å²) in [4.78, 5) is 16.6. The van der Waals surface area contributed by atoms with Gasteiger partial charge in [0.2, 0.25) is 0 Å². The Balaban J connectivity index is 2.18. The lowest BCUT2D eigenvalue weighted by Gasteiger charge is -2.05. The van der Waals surface area contributed by atoms with Crippen molar-refractivity contribution in [3.8, 4) is 0 Å². The van der Waals surface area contributed by atoms with Crippen LogP contribution in [0.25, 0.3) is 0 Å². The zero-order chi connectivity index (χ0) is 13.8. The molecule has 98 valence electrons. The van der Waals surface area contributed by atoms with E-state index in [2.05, 4.69) is 50.4 Å². The highest BCUT2D eigenvalue weighted by Gasteiger charge is 2.12. The zero-order valence-electron chi connectivity index (χ0n) is 10.5. The molecule has 0 saturated carbocycles. The predicted octanol–water partition coefficient (Wildman–Crippen LogP) is 4.44. The van der Waals surface area contributed by atoms with Gasteiger partial charge in [-0.3, -0.25) is 9.78 Å². The smallest absolute Gasteiger partial charge is 0.169 e. The van der Waals surface area contributed by atoms with Crippen LogP contribution in [0.5, 0.6) is 0 Å². The molecular formula is C15H13BrINO. The number of hydrogen-bond donors (Lipinski definition) is 0. The molecular weight excluding hydrogens is 417 g/mol. The van der Waals surface area contributed by atoms with Crippen molar-refractivity contribution in [2.75, 3.05) is 0 Å². The lowest BCUT2D eigenvalue weighted by molar-refractivity contribution is 0.0991. The summed E-state index contributed by atoms with van der Waals surface area (Å²) in [7, 11) is 0. The number of aryl methyl sites for hydroxylation is 1. The molecule has 0 radical (unpaired) electrons. The molecule has 0 fully saturated rings. The summed E-state index contributed by atoms with van der Waals surface area (Å²) >= 11 is 5.63. The van der Waals surface area contributed by atoms with Gasteiger partial charge < -0.3 is 0 Å². The first kappa shape index (κ1) is 14.7. The van der Waals surface area contributed by atoms with Crippen molar-refractivity contribution < 1.29 is 4.79 Å². The number of ketones is 1. The minimum atomic E-state index is 0.0853. The topological polar surface area (TPSA) is 30.0 Å². The summed E-state index contributed by atoms with van der Waals surface area (Å²) in [6, 6.07) is 9.73. The van der Waals surface area contributed by atoms with Gasteiger partial charge in [0.05, 0.1) is 6.42 Å². The maximum atomic E-state index is 12.3. The summed E-state index contributed by atoms with van der Waals surface area (Å²) < 4.78 is 1.89. The highest BCUT2D eigenvalue weighted by Crippen LogP contribution is 2.21. The number of nitrogens with zero attached hydrogens (tertiary/aromatic N) is 1. The van der Waals surface area contributed by atoms with Gasteiger partial charge in [0.15, 0.2) is 5.78 Å². The Kier molecular flexibility index (Phi) is 5.10. The largest absolute Gasteiger partial charge is 0.294 e. The van der Waals surface area contributed by atoms with E-state index in [9.17, 15) is 4.79 Å². The number of benzene rings is 1. The molecule has 4 heteroatoms. The maximum absolute atomic E-state index is 12.3. The van der Waals surface area contributed by atoms with Gasteiger partial charge in [-0.05, 0) is 58.8 Å². The van der Waals surface area contributed by atoms with E-state index in [1.807, 2.05) is 36.5 Å². The van der Waals surface area contributed by atoms with Crippen LogP contribution in [0, 0.1) is 3.57 Å². The molecule has 2 aromatic rings. The van der Waals surface area contributed by atoms with E-state index in [0.29, 0.717) is 12.0 Å². The molecule has 0 aliphatic heterocycles. The molecule has 0 unspecified atom stereocenters. The fourth-order valence-electron chi connectivity index (χ4n) is 1.74. The molecule has 2 rings (SSSR count). The van der Waals surface area contributed by atoms with Crippen molar-refractivity contribution in [1.29, 1.82) is 0 Å². The third kappa shape index (κ3) is 3.86. The average Bonchev–Trinajstić information content (AvgIpc) is 2.42. The number of carbonyl (C=O) groups excluding carboxylic acids is 1. The molecule has 0 saturated heterocycles. The molecule has 0 N–H and O–H groups in total. The summed E-state index contributed by atoms with van der Waals surface area (Å²) in [5.41, 5.74) is 2.72. The van der Waals surface area contributed by atoms with Crippen molar-refractivity contribution in [3.05, 3.63) is 61.4 Å². The number of rotatable bonds is 4. The SMILES string of the molecule is CCc1ccc(CC(=O)c2cc(I)ccc2Br)nc1. The van der Waals surface area contributed by atoms with Gasteiger partial charge in [0, 0.05) is 25.5 Å². The number of carbonyl (C=O) groups is 1. The molecule has 0 spiro atoms. The Morgan fingerprint density at radius 1 is 1.32 bits per heavy atom. The molecule has 0 aliphatic rings. The van der Waals surface area contributed by atoms with E-state index in [-0.39, 0.29) is 5.78 Å². The molecule has 1 aromatic carbocycles. The van der Waals surface area contributed by atoms with E-state index in [1.54, 1.807) is 0 Å². The minimum Gasteiger partial charge on any atom is -0.294 e. The summed E-state index contributed by atoms with van der Waals surface area (Å²) in [5.74, 6) is 0.0853. The molecule has 2 nitrogen and oxygen atoms in total. The van der Waals surface area contributed by atoms with E-state index in [0.717, 1.165) is 20.2 Å². The highest BCUT2D eigenvalue weighted by atomic mass is 127. The summed E-state index contributed by atoms with van der Waals surface area (Å²) in [5, 5.41) is 0. The van der Waals surface area contributed by atoms with Crippen LogP contribution in [-0.2, 0) is 12.8 Å². The second-order valence-electron chi connectivity index (χ2n) is 4.24. The lowest BCUT2D eigenvalue weighted by Crippen LogP contribution is -2.06. The number of pyridine rings is 1. The van der Waals surface area contributed by atoms with Crippen molar-refractivity contribution in [2.24, 2.45) is 0 Å². The van der Waals surface area contributed by atoms with Crippen LogP contribution in [0.2, 0.25) is 0 Å². The van der Waals surface area contributed by atoms with Crippen LogP contribution in [0.1, 0.15) is 28.5 Å². The fraction of sp³-hybridized carbons (Fsp3) is 0.200. The van der Waals surface area contributed by atoms with Crippen molar-refractivity contribution in [1.82, 2.24) is 4.98 Å². The first-order valence-electron chi connectivity index (χ1n) is 6.02. The van der Waals surface area contributed by atoms with Gasteiger partial charge >= 0.3 is 0 Å². The third-order valence-corrected chi connectivity index (χ3v) is 4.23. The van der Waals surface area contributed by atoms with Crippen molar-refractivity contribution in [3.63, 3.8) is 0 Å². The molecule has 1 aromatic heterocycles. The van der Waals surface area contributed by atoms with Gasteiger partial charge in [-0.2, -0.15) is 0 Å². The molecule has 0 amide bonds. The van der Waals surface area contributed by atoms with Gasteiger partial charge in [-0.1, -0.05) is 28.9 Å². The maximum Gasteiger partial charge on any atom is 0.169 e. The predicted molar refractivity (Wildman–Crippen MR) is 88.5 cm³/mol. The van der Waals surface area contributed by atoms with Crippen LogP contribution < -0.4 is 0 Å². The third-order valence-electron chi connectivity index (χ3n) is 2.86. The van der Waals surface area contributed by atoms with Gasteiger partial charge in [0.1, 0.15) is 0 Å². The Morgan fingerprint density at radius 3 is 2.74 bits per heavy atom. The van der Waals surface area contributed by atoms with Crippen LogP contribution >= 0.6 is 38.5 Å². The summed E-state index contributed by atoms with van der Waals surface area (Å²) in [6.07, 6.45) is 3.14. The number of hydrogen-bond acceptors (Lipinski definition) is 2. The zero-order valence-corrected chi connectivity index (χ0v) is 14.2. The lowest BCUT2D eigenvalue weighted by atomic mass is 10.1. The Morgan fingerprint density at radius 2 is 2.11 bits per heavy atom. The van der Waals surface area contributed by atoms with E-state index >= 15 is 0 Å². The van der Waals surface area contributed by atoms with Crippen LogP contribution in [-0.4, -0.2) is 10.8 Å². The second kappa shape index (κ2) is 6.61. The van der Waals surface area contributed by atoms with Gasteiger partial charge in [0.25, 0.3) is 0 Å². The van der Waals surface area contributed by atoms with Crippen LogP contribution in [0.4, 0.5) is 0 Å². The number of halogens is 2. The Hall–Kier alpha value is -0.750. The molecule has 0 atom stereocenters. The van der Waals surface area contributed by atoms with E-state index in [1.165, 1.54) is 5.56 Å². The molecule has 0 aliphatic carbocycles. The normalized spacial score (nSPS) is 10.5. The molecule has 0 bridgehead atoms. The standard InChI is InChI=1S/C15H13BrINO/c1-2-10-3-5-12(18-9-10)8-15(19)13-7-11(17)4-6-14(13)16/h3-7,9H,2,8H2,1H3. The monoisotopic (exact) mass is 429 g/mol. The van der Waals surface area contributed by atoms with E-state index in [4.69, 9.17) is 0 Å². The molecule has 1 heterocycles. The Bertz CT molecular complexity index is 596. The van der Waals surface area contributed by atoms with Crippen molar-refractivity contribution >= 4 is 44.3 Å². The van der Waals surface area contributed by atoms with Crippen molar-refractivity contribution in [2.45, 2.75) is 19.8 Å². The average molecular weight is 430 g/mol. The quantitative estimate of drug-likeness (QED) is 0.531. The van der Waals surface area contributed by atoms with Gasteiger partial charge in [-0.15, -0.1) is 0 Å². The number of aromatic nitrogens is 1. The Labute approximate surface area is 134 Å². The molecule has 19 heavy (non-hydrogen) atoms. The fourth-order valence-corrected chi connectivity index (χ4v) is 2.70. The first-order valence-corrected chi connectivity index (χ1v) is 7.89. The minimum absolute atomic E-state index is 0.0853. The van der Waals surface area contributed by atoms with Gasteiger partial charge in [-0.25, -0.2) is 0 Å². The van der Waals surface area contributed by atoms with E-state index < -0.39 is 0 Å². The second-order valence-corrected chi connectivity index (χ2v) is 6.34. The highest BCUT2D eigenvalue weighted by molar-refractivity contribution is 14.1. The number of Topliss-reactive ketones (excluding diaryl/α,β-unsaturated/α-hetero) is 1. The van der Waals surface area contributed by atoms with Crippen LogP contribution in [0.15, 0.2) is 41.0 Å². The van der Waals surface area contributed by atoms with Crippen LogP contribution in [0.3, 0.4) is 0 Å².